The summed E-state index contributed by atoms with van der Waals surface area (Å²) in [5.41, 5.74) is 2.16. The molecule has 1 unspecified atom stereocenters. The molecule has 1 aromatic heterocycles. The standard InChI is InChI=1S/C11H14ClNO/c1-8(9(2)12)6-10-4-5-11(14-3)13-7-10/h4-7,9H,1-3H3/b8-6-. The van der Waals surface area contributed by atoms with E-state index in [1.165, 1.54) is 0 Å². The Hall–Kier alpha value is -1.02. The van der Waals surface area contributed by atoms with Crippen molar-refractivity contribution in [1.82, 2.24) is 4.98 Å². The molecule has 0 saturated heterocycles. The van der Waals surface area contributed by atoms with Gasteiger partial charge in [0.1, 0.15) is 0 Å². The first-order valence-corrected chi connectivity index (χ1v) is 4.89. The molecule has 0 aliphatic heterocycles. The van der Waals surface area contributed by atoms with Gasteiger partial charge in [-0.3, -0.25) is 0 Å². The number of hydrogen-bond donors (Lipinski definition) is 0. The van der Waals surface area contributed by atoms with E-state index in [-0.39, 0.29) is 5.38 Å². The van der Waals surface area contributed by atoms with E-state index in [0.29, 0.717) is 5.88 Å². The van der Waals surface area contributed by atoms with Crippen molar-refractivity contribution in [2.45, 2.75) is 19.2 Å². The Kier molecular flexibility index (Phi) is 3.96. The zero-order valence-corrected chi connectivity index (χ0v) is 9.38. The lowest BCUT2D eigenvalue weighted by molar-refractivity contribution is 0.398. The molecular formula is C11H14ClNO. The summed E-state index contributed by atoms with van der Waals surface area (Å²) in [7, 11) is 1.60. The SMILES string of the molecule is COc1ccc(/C=C(/C)C(C)Cl)cn1. The Balaban J connectivity index is 2.83. The molecule has 76 valence electrons. The number of rotatable bonds is 3. The maximum atomic E-state index is 5.92. The van der Waals surface area contributed by atoms with Gasteiger partial charge in [-0.05, 0) is 25.5 Å². The first-order chi connectivity index (χ1) is 6.63. The fraction of sp³-hybridized carbons (Fsp3) is 0.364. The van der Waals surface area contributed by atoms with Gasteiger partial charge in [-0.15, -0.1) is 11.6 Å². The molecule has 0 radical (unpaired) electrons. The molecule has 0 spiro atoms. The number of halogens is 1. The average molecular weight is 212 g/mol. The van der Waals surface area contributed by atoms with Crippen LogP contribution in [0.3, 0.4) is 0 Å². The van der Waals surface area contributed by atoms with Crippen molar-refractivity contribution in [2.24, 2.45) is 0 Å². The first kappa shape index (κ1) is 11.1. The summed E-state index contributed by atoms with van der Waals surface area (Å²) in [6.07, 6.45) is 3.78. The predicted octanol–water partition coefficient (Wildman–Crippen LogP) is 3.12. The lowest BCUT2D eigenvalue weighted by atomic mass is 10.1. The molecule has 1 aromatic rings. The minimum Gasteiger partial charge on any atom is -0.481 e. The Bertz CT molecular complexity index is 317. The summed E-state index contributed by atoms with van der Waals surface area (Å²) in [6.45, 7) is 3.95. The van der Waals surface area contributed by atoms with Crippen molar-refractivity contribution >= 4 is 17.7 Å². The molecule has 1 heterocycles. The van der Waals surface area contributed by atoms with Crippen LogP contribution in [-0.2, 0) is 0 Å². The van der Waals surface area contributed by atoms with Crippen LogP contribution in [-0.4, -0.2) is 17.5 Å². The van der Waals surface area contributed by atoms with Crippen molar-refractivity contribution in [1.29, 1.82) is 0 Å². The average Bonchev–Trinajstić information content (AvgIpc) is 2.19. The molecule has 0 aliphatic carbocycles. The third kappa shape index (κ3) is 3.04. The van der Waals surface area contributed by atoms with E-state index in [2.05, 4.69) is 4.98 Å². The largest absolute Gasteiger partial charge is 0.481 e. The van der Waals surface area contributed by atoms with Gasteiger partial charge in [0.15, 0.2) is 0 Å². The highest BCUT2D eigenvalue weighted by molar-refractivity contribution is 6.22. The van der Waals surface area contributed by atoms with Gasteiger partial charge >= 0.3 is 0 Å². The monoisotopic (exact) mass is 211 g/mol. The van der Waals surface area contributed by atoms with Crippen LogP contribution in [0, 0.1) is 0 Å². The highest BCUT2D eigenvalue weighted by Crippen LogP contribution is 2.14. The minimum atomic E-state index is 0.0529. The van der Waals surface area contributed by atoms with E-state index in [0.717, 1.165) is 11.1 Å². The summed E-state index contributed by atoms with van der Waals surface area (Å²) in [4.78, 5) is 4.10. The molecule has 14 heavy (non-hydrogen) atoms. The molecule has 3 heteroatoms. The zero-order valence-electron chi connectivity index (χ0n) is 8.62. The number of allylic oxidation sites excluding steroid dienone is 1. The third-order valence-electron chi connectivity index (χ3n) is 1.99. The Morgan fingerprint density at radius 1 is 1.57 bits per heavy atom. The maximum Gasteiger partial charge on any atom is 0.212 e. The number of methoxy groups -OCH3 is 1. The van der Waals surface area contributed by atoms with E-state index >= 15 is 0 Å². The number of ether oxygens (including phenoxy) is 1. The quantitative estimate of drug-likeness (QED) is 0.717. The Labute approximate surface area is 89.6 Å². The normalized spacial score (nSPS) is 13.9. The fourth-order valence-corrected chi connectivity index (χ4v) is 1.04. The second-order valence-electron chi connectivity index (χ2n) is 3.14. The lowest BCUT2D eigenvalue weighted by Crippen LogP contribution is -1.92. The maximum absolute atomic E-state index is 5.92. The molecular weight excluding hydrogens is 198 g/mol. The van der Waals surface area contributed by atoms with Crippen LogP contribution in [0.25, 0.3) is 6.08 Å². The van der Waals surface area contributed by atoms with Gasteiger partial charge in [-0.25, -0.2) is 4.98 Å². The second kappa shape index (κ2) is 5.01. The van der Waals surface area contributed by atoms with Gasteiger partial charge in [-0.2, -0.15) is 0 Å². The van der Waals surface area contributed by atoms with Crippen molar-refractivity contribution in [2.75, 3.05) is 7.11 Å². The van der Waals surface area contributed by atoms with Gasteiger partial charge in [-0.1, -0.05) is 11.6 Å². The van der Waals surface area contributed by atoms with E-state index in [4.69, 9.17) is 16.3 Å². The summed E-state index contributed by atoms with van der Waals surface area (Å²) >= 11 is 5.92. The molecule has 2 nitrogen and oxygen atoms in total. The van der Waals surface area contributed by atoms with E-state index in [9.17, 15) is 0 Å². The van der Waals surface area contributed by atoms with Crippen LogP contribution in [0.1, 0.15) is 19.4 Å². The van der Waals surface area contributed by atoms with E-state index in [1.807, 2.05) is 32.1 Å². The second-order valence-corrected chi connectivity index (χ2v) is 3.79. The summed E-state index contributed by atoms with van der Waals surface area (Å²) < 4.78 is 4.96. The molecule has 0 fully saturated rings. The van der Waals surface area contributed by atoms with Crippen LogP contribution in [0.5, 0.6) is 5.88 Å². The van der Waals surface area contributed by atoms with Crippen molar-refractivity contribution < 1.29 is 4.74 Å². The number of hydrogen-bond acceptors (Lipinski definition) is 2. The van der Waals surface area contributed by atoms with Gasteiger partial charge in [0.2, 0.25) is 5.88 Å². The summed E-state index contributed by atoms with van der Waals surface area (Å²) in [6, 6.07) is 3.78. The lowest BCUT2D eigenvalue weighted by Gasteiger charge is -2.03. The molecule has 1 rings (SSSR count). The van der Waals surface area contributed by atoms with E-state index in [1.54, 1.807) is 13.3 Å². The van der Waals surface area contributed by atoms with Crippen LogP contribution in [0.15, 0.2) is 23.9 Å². The highest BCUT2D eigenvalue weighted by Gasteiger charge is 1.99. The van der Waals surface area contributed by atoms with Crippen LogP contribution < -0.4 is 4.74 Å². The number of alkyl halides is 1. The molecule has 0 saturated carbocycles. The van der Waals surface area contributed by atoms with Gasteiger partial charge in [0, 0.05) is 12.3 Å². The topological polar surface area (TPSA) is 22.1 Å². The number of aromatic nitrogens is 1. The van der Waals surface area contributed by atoms with Crippen LogP contribution in [0.4, 0.5) is 0 Å². The molecule has 1 atom stereocenters. The minimum absolute atomic E-state index is 0.0529. The third-order valence-corrected chi connectivity index (χ3v) is 2.33. The summed E-state index contributed by atoms with van der Waals surface area (Å²) in [5, 5.41) is 0.0529. The zero-order chi connectivity index (χ0) is 10.6. The van der Waals surface area contributed by atoms with E-state index < -0.39 is 0 Å². The Morgan fingerprint density at radius 2 is 2.29 bits per heavy atom. The molecule has 0 amide bonds. The predicted molar refractivity (Wildman–Crippen MR) is 59.8 cm³/mol. The number of nitrogens with zero attached hydrogens (tertiary/aromatic N) is 1. The Morgan fingerprint density at radius 3 is 2.71 bits per heavy atom. The van der Waals surface area contributed by atoms with Gasteiger partial charge < -0.3 is 4.74 Å². The van der Waals surface area contributed by atoms with Crippen molar-refractivity contribution in [3.63, 3.8) is 0 Å². The molecule has 0 aliphatic rings. The van der Waals surface area contributed by atoms with Gasteiger partial charge in [0.25, 0.3) is 0 Å². The molecule has 0 bridgehead atoms. The van der Waals surface area contributed by atoms with Crippen molar-refractivity contribution in [3.05, 3.63) is 29.5 Å². The molecule has 0 N–H and O–H groups in total. The van der Waals surface area contributed by atoms with Gasteiger partial charge in [0.05, 0.1) is 12.5 Å². The van der Waals surface area contributed by atoms with Crippen LogP contribution >= 0.6 is 11.6 Å². The number of pyridine rings is 1. The fourth-order valence-electron chi connectivity index (χ4n) is 0.976. The van der Waals surface area contributed by atoms with Crippen LogP contribution in [0.2, 0.25) is 0 Å². The molecule has 0 aromatic carbocycles. The summed E-state index contributed by atoms with van der Waals surface area (Å²) in [5.74, 6) is 0.624. The van der Waals surface area contributed by atoms with Crippen molar-refractivity contribution in [3.8, 4) is 5.88 Å². The smallest absolute Gasteiger partial charge is 0.212 e. The first-order valence-electron chi connectivity index (χ1n) is 4.46. The highest BCUT2D eigenvalue weighted by atomic mass is 35.5.